The quantitative estimate of drug-likeness (QED) is 0.715. The van der Waals surface area contributed by atoms with Gasteiger partial charge in [-0.2, -0.15) is 0 Å². The van der Waals surface area contributed by atoms with E-state index in [-0.39, 0.29) is 29.8 Å². The van der Waals surface area contributed by atoms with E-state index in [1.807, 2.05) is 0 Å². The van der Waals surface area contributed by atoms with Crippen LogP contribution >= 0.6 is 0 Å². The molecule has 0 aliphatic carbocycles. The molecule has 0 spiro atoms. The Morgan fingerprint density at radius 3 is 2.43 bits per heavy atom. The third kappa shape index (κ3) is 4.31. The first-order chi connectivity index (χ1) is 11.0. The van der Waals surface area contributed by atoms with Crippen LogP contribution in [0.1, 0.15) is 32.1 Å². The molecular formula is C16H23N3O3S. The minimum absolute atomic E-state index is 0.0907. The standard InChI is InChI=1S/C16H23N3O3S/c20-16(19-14-10-12-6-7-13(11-14)18-12)8-9-17-23(21,22)15-4-2-1-3-5-15/h1-5,12-14,17-18H,6-11H2,(H,19,20). The molecule has 2 aliphatic heterocycles. The van der Waals surface area contributed by atoms with Gasteiger partial charge in [-0.3, -0.25) is 4.79 Å². The Kier molecular flexibility index (Phi) is 4.99. The predicted molar refractivity (Wildman–Crippen MR) is 87.4 cm³/mol. The van der Waals surface area contributed by atoms with Crippen LogP contribution in [0.2, 0.25) is 0 Å². The maximum absolute atomic E-state index is 12.0. The number of hydrogen-bond donors (Lipinski definition) is 3. The van der Waals surface area contributed by atoms with Crippen LogP contribution in [0, 0.1) is 0 Å². The zero-order valence-electron chi connectivity index (χ0n) is 13.0. The lowest BCUT2D eigenvalue weighted by Crippen LogP contribution is -2.48. The Hall–Kier alpha value is -1.44. The molecule has 0 saturated carbocycles. The van der Waals surface area contributed by atoms with Gasteiger partial charge < -0.3 is 10.6 Å². The van der Waals surface area contributed by atoms with Gasteiger partial charge in [-0.15, -0.1) is 0 Å². The smallest absolute Gasteiger partial charge is 0.240 e. The largest absolute Gasteiger partial charge is 0.353 e. The highest BCUT2D eigenvalue weighted by Gasteiger charge is 2.33. The molecule has 0 radical (unpaired) electrons. The molecule has 2 unspecified atom stereocenters. The summed E-state index contributed by atoms with van der Waals surface area (Å²) in [5, 5.41) is 6.56. The third-order valence-corrected chi connectivity index (χ3v) is 6.01. The molecule has 3 N–H and O–H groups in total. The number of benzene rings is 1. The zero-order chi connectivity index (χ0) is 16.3. The summed E-state index contributed by atoms with van der Waals surface area (Å²) < 4.78 is 26.6. The number of hydrogen-bond acceptors (Lipinski definition) is 4. The Bertz CT molecular complexity index is 636. The van der Waals surface area contributed by atoms with E-state index in [0.717, 1.165) is 12.8 Å². The van der Waals surface area contributed by atoms with Gasteiger partial charge in [0.05, 0.1) is 4.90 Å². The van der Waals surface area contributed by atoms with Crippen molar-refractivity contribution >= 4 is 15.9 Å². The monoisotopic (exact) mass is 337 g/mol. The van der Waals surface area contributed by atoms with Gasteiger partial charge in [-0.05, 0) is 37.8 Å². The number of sulfonamides is 1. The maximum atomic E-state index is 12.0. The fourth-order valence-corrected chi connectivity index (χ4v) is 4.51. The first kappa shape index (κ1) is 16.4. The topological polar surface area (TPSA) is 87.3 Å². The van der Waals surface area contributed by atoms with Gasteiger partial charge in [0, 0.05) is 31.1 Å². The Labute approximate surface area is 137 Å². The molecule has 2 atom stereocenters. The van der Waals surface area contributed by atoms with Crippen molar-refractivity contribution in [2.45, 2.75) is 55.1 Å². The molecule has 2 aliphatic rings. The summed E-state index contributed by atoms with van der Waals surface area (Å²) in [6, 6.07) is 9.44. The number of piperidine rings is 1. The van der Waals surface area contributed by atoms with Crippen molar-refractivity contribution in [3.63, 3.8) is 0 Å². The van der Waals surface area contributed by atoms with Gasteiger partial charge in [0.2, 0.25) is 15.9 Å². The summed E-state index contributed by atoms with van der Waals surface area (Å²) in [5.74, 6) is -0.0907. The molecule has 23 heavy (non-hydrogen) atoms. The van der Waals surface area contributed by atoms with Crippen LogP contribution in [-0.4, -0.2) is 39.0 Å². The van der Waals surface area contributed by atoms with Gasteiger partial charge in [-0.1, -0.05) is 18.2 Å². The second kappa shape index (κ2) is 6.98. The van der Waals surface area contributed by atoms with Crippen LogP contribution in [0.25, 0.3) is 0 Å². The fourth-order valence-electron chi connectivity index (χ4n) is 3.46. The van der Waals surface area contributed by atoms with Gasteiger partial charge in [0.1, 0.15) is 0 Å². The molecular weight excluding hydrogens is 314 g/mol. The molecule has 126 valence electrons. The van der Waals surface area contributed by atoms with Crippen molar-refractivity contribution in [3.05, 3.63) is 30.3 Å². The van der Waals surface area contributed by atoms with Crippen molar-refractivity contribution < 1.29 is 13.2 Å². The summed E-state index contributed by atoms with van der Waals surface area (Å²) in [4.78, 5) is 12.2. The van der Waals surface area contributed by atoms with Crippen LogP contribution in [0.4, 0.5) is 0 Å². The molecule has 7 heteroatoms. The number of carbonyl (C=O) groups excluding carboxylic acids is 1. The third-order valence-electron chi connectivity index (χ3n) is 4.54. The molecule has 1 aromatic rings. The van der Waals surface area contributed by atoms with E-state index in [4.69, 9.17) is 0 Å². The minimum atomic E-state index is -3.54. The summed E-state index contributed by atoms with van der Waals surface area (Å²) >= 11 is 0. The van der Waals surface area contributed by atoms with E-state index in [9.17, 15) is 13.2 Å². The van der Waals surface area contributed by atoms with Crippen LogP contribution < -0.4 is 15.4 Å². The van der Waals surface area contributed by atoms with Crippen molar-refractivity contribution in [1.82, 2.24) is 15.4 Å². The number of nitrogens with one attached hydrogen (secondary N) is 3. The molecule has 1 aromatic carbocycles. The molecule has 2 fully saturated rings. The lowest BCUT2D eigenvalue weighted by molar-refractivity contribution is -0.121. The molecule has 3 rings (SSSR count). The summed E-state index contributed by atoms with van der Waals surface area (Å²) in [7, 11) is -3.54. The van der Waals surface area contributed by atoms with Crippen LogP contribution in [-0.2, 0) is 14.8 Å². The first-order valence-electron chi connectivity index (χ1n) is 8.13. The lowest BCUT2D eigenvalue weighted by atomic mass is 10.00. The van der Waals surface area contributed by atoms with Crippen molar-refractivity contribution in [2.75, 3.05) is 6.54 Å². The average molecular weight is 337 g/mol. The van der Waals surface area contributed by atoms with E-state index in [1.165, 1.54) is 25.0 Å². The molecule has 6 nitrogen and oxygen atoms in total. The van der Waals surface area contributed by atoms with E-state index in [2.05, 4.69) is 15.4 Å². The van der Waals surface area contributed by atoms with Gasteiger partial charge in [0.25, 0.3) is 0 Å². The maximum Gasteiger partial charge on any atom is 0.240 e. The van der Waals surface area contributed by atoms with Gasteiger partial charge >= 0.3 is 0 Å². The zero-order valence-corrected chi connectivity index (χ0v) is 13.8. The fraction of sp³-hybridized carbons (Fsp3) is 0.562. The summed E-state index contributed by atoms with van der Waals surface area (Å²) in [6.45, 7) is 0.112. The van der Waals surface area contributed by atoms with Crippen LogP contribution in [0.5, 0.6) is 0 Å². The molecule has 2 bridgehead atoms. The Balaban J connectivity index is 1.43. The van der Waals surface area contributed by atoms with Crippen molar-refractivity contribution in [3.8, 4) is 0 Å². The SMILES string of the molecule is O=C(CCNS(=O)(=O)c1ccccc1)NC1CC2CCC(C1)N2. The highest BCUT2D eigenvalue weighted by molar-refractivity contribution is 7.89. The van der Waals surface area contributed by atoms with Crippen LogP contribution in [0.15, 0.2) is 35.2 Å². The number of carbonyl (C=O) groups is 1. The molecule has 2 heterocycles. The second-order valence-corrected chi connectivity index (χ2v) is 8.10. The van der Waals surface area contributed by atoms with Crippen molar-refractivity contribution in [2.24, 2.45) is 0 Å². The van der Waals surface area contributed by atoms with E-state index < -0.39 is 10.0 Å². The number of rotatable bonds is 6. The first-order valence-corrected chi connectivity index (χ1v) is 9.61. The minimum Gasteiger partial charge on any atom is -0.353 e. The predicted octanol–water partition coefficient (Wildman–Crippen LogP) is 0.754. The second-order valence-electron chi connectivity index (χ2n) is 6.33. The normalized spacial score (nSPS) is 26.9. The summed E-state index contributed by atoms with van der Waals surface area (Å²) in [6.07, 6.45) is 4.48. The lowest BCUT2D eigenvalue weighted by Gasteiger charge is -2.29. The van der Waals surface area contributed by atoms with Crippen LogP contribution in [0.3, 0.4) is 0 Å². The molecule has 0 aromatic heterocycles. The molecule has 2 saturated heterocycles. The Morgan fingerprint density at radius 1 is 1.13 bits per heavy atom. The van der Waals surface area contributed by atoms with E-state index >= 15 is 0 Å². The summed E-state index contributed by atoms with van der Waals surface area (Å²) in [5.41, 5.74) is 0. The number of amides is 1. The Morgan fingerprint density at radius 2 is 1.78 bits per heavy atom. The van der Waals surface area contributed by atoms with Crippen molar-refractivity contribution in [1.29, 1.82) is 0 Å². The van der Waals surface area contributed by atoms with Gasteiger partial charge in [0.15, 0.2) is 0 Å². The van der Waals surface area contributed by atoms with Gasteiger partial charge in [-0.25, -0.2) is 13.1 Å². The van der Waals surface area contributed by atoms with E-state index in [1.54, 1.807) is 18.2 Å². The average Bonchev–Trinajstić information content (AvgIpc) is 2.87. The number of fused-ring (bicyclic) bond motifs is 2. The van der Waals surface area contributed by atoms with E-state index in [0.29, 0.717) is 12.1 Å². The highest BCUT2D eigenvalue weighted by Crippen LogP contribution is 2.26. The molecule has 1 amide bonds. The highest BCUT2D eigenvalue weighted by atomic mass is 32.2.